The standard InChI is InChI=1S/C17H18ClN3O2/c1-11-12(3-4-16(18)21-11)7-13-9-19-17-15(13)8-14(10-20-17)23-6-5-22-2/h3-4,8-10H,5-7H2,1-2H3,(H,19,20). The molecule has 0 unspecified atom stereocenters. The second-order valence-corrected chi connectivity index (χ2v) is 5.66. The normalized spacial score (nSPS) is 11.1. The van der Waals surface area contributed by atoms with Crippen molar-refractivity contribution in [1.82, 2.24) is 15.0 Å². The van der Waals surface area contributed by atoms with Gasteiger partial charge in [0.25, 0.3) is 0 Å². The van der Waals surface area contributed by atoms with E-state index in [1.54, 1.807) is 13.3 Å². The predicted molar refractivity (Wildman–Crippen MR) is 90.3 cm³/mol. The first-order valence-corrected chi connectivity index (χ1v) is 7.75. The van der Waals surface area contributed by atoms with Crippen molar-refractivity contribution in [2.45, 2.75) is 13.3 Å². The molecule has 0 fully saturated rings. The van der Waals surface area contributed by atoms with Crippen LogP contribution in [0.4, 0.5) is 0 Å². The van der Waals surface area contributed by atoms with Crippen LogP contribution in [0.15, 0.2) is 30.6 Å². The molecule has 1 N–H and O–H groups in total. The van der Waals surface area contributed by atoms with Gasteiger partial charge < -0.3 is 14.5 Å². The van der Waals surface area contributed by atoms with Gasteiger partial charge in [0.1, 0.15) is 23.2 Å². The number of halogens is 1. The Morgan fingerprint density at radius 2 is 2.09 bits per heavy atom. The van der Waals surface area contributed by atoms with Crippen LogP contribution in [-0.2, 0) is 11.2 Å². The van der Waals surface area contributed by atoms with Crippen LogP contribution in [0.25, 0.3) is 11.0 Å². The number of nitrogens with one attached hydrogen (secondary N) is 1. The molecule has 0 aliphatic heterocycles. The molecule has 0 aliphatic rings. The number of pyridine rings is 2. The molecular weight excluding hydrogens is 314 g/mol. The Kier molecular flexibility index (Phi) is 4.79. The van der Waals surface area contributed by atoms with Crippen LogP contribution >= 0.6 is 11.6 Å². The first kappa shape index (κ1) is 15.8. The molecule has 3 aromatic rings. The number of hydrogen-bond donors (Lipinski definition) is 1. The molecule has 3 aromatic heterocycles. The van der Waals surface area contributed by atoms with E-state index in [2.05, 4.69) is 15.0 Å². The van der Waals surface area contributed by atoms with E-state index < -0.39 is 0 Å². The number of methoxy groups -OCH3 is 1. The first-order valence-electron chi connectivity index (χ1n) is 7.37. The number of fused-ring (bicyclic) bond motifs is 1. The van der Waals surface area contributed by atoms with Crippen molar-refractivity contribution in [3.8, 4) is 5.75 Å². The quantitative estimate of drug-likeness (QED) is 0.554. The van der Waals surface area contributed by atoms with Crippen LogP contribution in [0.3, 0.4) is 0 Å². The molecule has 0 amide bonds. The predicted octanol–water partition coefficient (Wildman–Crippen LogP) is 3.54. The number of H-pyrrole nitrogens is 1. The van der Waals surface area contributed by atoms with Gasteiger partial charge in [0.15, 0.2) is 0 Å². The summed E-state index contributed by atoms with van der Waals surface area (Å²) in [5, 5.41) is 1.56. The fourth-order valence-corrected chi connectivity index (χ4v) is 2.65. The third kappa shape index (κ3) is 3.63. The molecule has 6 heteroatoms. The van der Waals surface area contributed by atoms with Crippen molar-refractivity contribution in [3.63, 3.8) is 0 Å². The molecule has 0 saturated heterocycles. The van der Waals surface area contributed by atoms with Crippen LogP contribution < -0.4 is 4.74 Å². The van der Waals surface area contributed by atoms with Gasteiger partial charge in [-0.1, -0.05) is 17.7 Å². The van der Waals surface area contributed by atoms with Gasteiger partial charge in [-0.2, -0.15) is 0 Å². The second kappa shape index (κ2) is 6.98. The molecule has 3 rings (SSSR count). The lowest BCUT2D eigenvalue weighted by molar-refractivity contribution is 0.146. The highest BCUT2D eigenvalue weighted by Crippen LogP contribution is 2.24. The van der Waals surface area contributed by atoms with E-state index >= 15 is 0 Å². The minimum Gasteiger partial charge on any atom is -0.490 e. The maximum Gasteiger partial charge on any atom is 0.138 e. The van der Waals surface area contributed by atoms with E-state index in [9.17, 15) is 0 Å². The molecule has 0 aromatic carbocycles. The van der Waals surface area contributed by atoms with Gasteiger partial charge in [-0.25, -0.2) is 9.97 Å². The Balaban J connectivity index is 1.86. The van der Waals surface area contributed by atoms with Gasteiger partial charge in [0.05, 0.1) is 12.8 Å². The molecule has 0 bridgehead atoms. The van der Waals surface area contributed by atoms with Gasteiger partial charge in [0.2, 0.25) is 0 Å². The molecular formula is C17H18ClN3O2. The molecule has 3 heterocycles. The van der Waals surface area contributed by atoms with Crippen LogP contribution in [-0.4, -0.2) is 35.3 Å². The Morgan fingerprint density at radius 1 is 1.22 bits per heavy atom. The number of aryl methyl sites for hydroxylation is 1. The molecule has 0 aliphatic carbocycles. The van der Waals surface area contributed by atoms with Gasteiger partial charge >= 0.3 is 0 Å². The summed E-state index contributed by atoms with van der Waals surface area (Å²) >= 11 is 5.92. The Morgan fingerprint density at radius 3 is 2.87 bits per heavy atom. The summed E-state index contributed by atoms with van der Waals surface area (Å²) in [5.74, 6) is 0.737. The fraction of sp³-hybridized carbons (Fsp3) is 0.294. The second-order valence-electron chi connectivity index (χ2n) is 5.28. The average Bonchev–Trinajstić information content (AvgIpc) is 2.93. The number of aromatic nitrogens is 3. The van der Waals surface area contributed by atoms with Crippen molar-refractivity contribution in [3.05, 3.63) is 52.6 Å². The Bertz CT molecular complexity index is 817. The minimum absolute atomic E-state index is 0.504. The summed E-state index contributed by atoms with van der Waals surface area (Å²) < 4.78 is 10.6. The summed E-state index contributed by atoms with van der Waals surface area (Å²) in [7, 11) is 1.65. The zero-order valence-electron chi connectivity index (χ0n) is 13.1. The van der Waals surface area contributed by atoms with E-state index in [0.29, 0.717) is 18.4 Å². The van der Waals surface area contributed by atoms with Gasteiger partial charge in [0, 0.05) is 30.8 Å². The Hall–Kier alpha value is -2.11. The smallest absolute Gasteiger partial charge is 0.138 e. The number of rotatable bonds is 6. The minimum atomic E-state index is 0.504. The van der Waals surface area contributed by atoms with Crippen molar-refractivity contribution in [1.29, 1.82) is 0 Å². The van der Waals surface area contributed by atoms with E-state index in [1.165, 1.54) is 0 Å². The van der Waals surface area contributed by atoms with E-state index in [-0.39, 0.29) is 0 Å². The number of hydrogen-bond acceptors (Lipinski definition) is 4. The zero-order chi connectivity index (χ0) is 16.2. The molecule has 0 radical (unpaired) electrons. The summed E-state index contributed by atoms with van der Waals surface area (Å²) in [5.41, 5.74) is 4.07. The number of aromatic amines is 1. The highest BCUT2D eigenvalue weighted by atomic mass is 35.5. The lowest BCUT2D eigenvalue weighted by atomic mass is 10.0. The SMILES string of the molecule is COCCOc1cnc2[nH]cc(Cc3ccc(Cl)nc3C)c2c1. The van der Waals surface area contributed by atoms with Crippen LogP contribution in [0.1, 0.15) is 16.8 Å². The third-order valence-corrected chi connectivity index (χ3v) is 3.90. The highest BCUT2D eigenvalue weighted by Gasteiger charge is 2.09. The van der Waals surface area contributed by atoms with Crippen LogP contribution in [0.5, 0.6) is 5.75 Å². The maximum absolute atomic E-state index is 5.92. The molecule has 120 valence electrons. The van der Waals surface area contributed by atoms with Crippen molar-refractivity contribution >= 4 is 22.6 Å². The van der Waals surface area contributed by atoms with Gasteiger partial charge in [-0.15, -0.1) is 0 Å². The zero-order valence-corrected chi connectivity index (χ0v) is 13.9. The molecule has 0 saturated carbocycles. The van der Waals surface area contributed by atoms with Crippen molar-refractivity contribution < 1.29 is 9.47 Å². The lowest BCUT2D eigenvalue weighted by Gasteiger charge is -2.07. The van der Waals surface area contributed by atoms with Crippen LogP contribution in [0.2, 0.25) is 5.15 Å². The lowest BCUT2D eigenvalue weighted by Crippen LogP contribution is -2.04. The molecule has 0 atom stereocenters. The fourth-order valence-electron chi connectivity index (χ4n) is 2.46. The van der Waals surface area contributed by atoms with E-state index in [0.717, 1.165) is 40.0 Å². The molecule has 23 heavy (non-hydrogen) atoms. The number of ether oxygens (including phenoxy) is 2. The maximum atomic E-state index is 5.92. The molecule has 0 spiro atoms. The topological polar surface area (TPSA) is 60.0 Å². The third-order valence-electron chi connectivity index (χ3n) is 3.69. The molecule has 5 nitrogen and oxygen atoms in total. The number of nitrogens with zero attached hydrogens (tertiary/aromatic N) is 2. The van der Waals surface area contributed by atoms with Gasteiger partial charge in [-0.05, 0) is 30.2 Å². The van der Waals surface area contributed by atoms with E-state index in [1.807, 2.05) is 31.3 Å². The Labute approximate surface area is 139 Å². The summed E-state index contributed by atoms with van der Waals surface area (Å²) in [6.07, 6.45) is 4.46. The van der Waals surface area contributed by atoms with Gasteiger partial charge in [-0.3, -0.25) is 0 Å². The van der Waals surface area contributed by atoms with Crippen molar-refractivity contribution in [2.75, 3.05) is 20.3 Å². The first-order chi connectivity index (χ1) is 11.2. The summed E-state index contributed by atoms with van der Waals surface area (Å²) in [4.78, 5) is 11.9. The van der Waals surface area contributed by atoms with E-state index in [4.69, 9.17) is 21.1 Å². The average molecular weight is 332 g/mol. The largest absolute Gasteiger partial charge is 0.490 e. The monoisotopic (exact) mass is 331 g/mol. The highest BCUT2D eigenvalue weighted by molar-refractivity contribution is 6.29. The van der Waals surface area contributed by atoms with Crippen LogP contribution in [0, 0.1) is 6.92 Å². The summed E-state index contributed by atoms with van der Waals surface area (Å²) in [6, 6.07) is 5.83. The van der Waals surface area contributed by atoms with Crippen molar-refractivity contribution in [2.24, 2.45) is 0 Å². The summed E-state index contributed by atoms with van der Waals surface area (Å²) in [6.45, 7) is 3.02.